The first-order valence-corrected chi connectivity index (χ1v) is 9.02. The second-order valence-electron chi connectivity index (χ2n) is 5.68. The fraction of sp³-hybridized carbons (Fsp3) is 0.533. The quantitative estimate of drug-likeness (QED) is 0.886. The highest BCUT2D eigenvalue weighted by molar-refractivity contribution is 7.89. The minimum Gasteiger partial charge on any atom is -0.368 e. The van der Waals surface area contributed by atoms with Gasteiger partial charge in [0, 0.05) is 25.6 Å². The van der Waals surface area contributed by atoms with Crippen LogP contribution < -0.4 is 4.72 Å². The number of likely N-dealkylation sites (tertiary alicyclic amines) is 1. The molecule has 0 aliphatic carbocycles. The lowest BCUT2D eigenvalue weighted by Crippen LogP contribution is -2.51. The van der Waals surface area contributed by atoms with Gasteiger partial charge < -0.3 is 9.64 Å². The lowest BCUT2D eigenvalue weighted by atomic mass is 10.0. The van der Waals surface area contributed by atoms with Gasteiger partial charge in [-0.2, -0.15) is 0 Å². The second kappa shape index (κ2) is 6.36. The molecule has 2 fully saturated rings. The molecule has 1 aromatic rings. The summed E-state index contributed by atoms with van der Waals surface area (Å²) < 4.78 is 32.5. The van der Waals surface area contributed by atoms with E-state index in [1.807, 2.05) is 0 Å². The van der Waals surface area contributed by atoms with Gasteiger partial charge in [-0.3, -0.25) is 4.79 Å². The Labute approximate surface area is 130 Å². The Morgan fingerprint density at radius 3 is 2.32 bits per heavy atom. The van der Waals surface area contributed by atoms with Crippen molar-refractivity contribution in [1.29, 1.82) is 0 Å². The molecule has 7 heteroatoms. The summed E-state index contributed by atoms with van der Waals surface area (Å²) in [5.41, 5.74) is 0. The predicted octanol–water partition coefficient (Wildman–Crippen LogP) is 0.745. The minimum atomic E-state index is -3.49. The molecule has 1 atom stereocenters. The molecular weight excluding hydrogens is 304 g/mol. The van der Waals surface area contributed by atoms with Crippen LogP contribution in [0.25, 0.3) is 0 Å². The molecule has 0 radical (unpaired) electrons. The number of hydrogen-bond acceptors (Lipinski definition) is 4. The molecule has 6 nitrogen and oxygen atoms in total. The monoisotopic (exact) mass is 324 g/mol. The first-order chi connectivity index (χ1) is 10.6. The fourth-order valence-electron chi connectivity index (χ4n) is 2.74. The maximum atomic E-state index is 12.3. The number of amides is 1. The van der Waals surface area contributed by atoms with Gasteiger partial charge in [-0.25, -0.2) is 13.1 Å². The highest BCUT2D eigenvalue weighted by atomic mass is 32.2. The summed E-state index contributed by atoms with van der Waals surface area (Å²) in [6.07, 6.45) is 1.77. The van der Waals surface area contributed by atoms with E-state index in [9.17, 15) is 13.2 Å². The van der Waals surface area contributed by atoms with Crippen LogP contribution in [0.1, 0.15) is 19.3 Å². The van der Waals surface area contributed by atoms with Crippen molar-refractivity contribution in [2.45, 2.75) is 36.3 Å². The molecule has 1 N–H and O–H groups in total. The first kappa shape index (κ1) is 15.5. The Bertz CT molecular complexity index is 620. The third-order valence-corrected chi connectivity index (χ3v) is 5.69. The fourth-order valence-corrected chi connectivity index (χ4v) is 4.06. The van der Waals surface area contributed by atoms with Crippen molar-refractivity contribution in [2.24, 2.45) is 0 Å². The van der Waals surface area contributed by atoms with Crippen LogP contribution in [0.15, 0.2) is 35.2 Å². The molecule has 2 heterocycles. The number of hydrogen-bond donors (Lipinski definition) is 1. The molecule has 2 saturated heterocycles. The van der Waals surface area contributed by atoms with E-state index in [4.69, 9.17) is 4.74 Å². The summed E-state index contributed by atoms with van der Waals surface area (Å²) >= 11 is 0. The molecule has 0 bridgehead atoms. The zero-order valence-corrected chi connectivity index (χ0v) is 13.1. The number of nitrogens with one attached hydrogen (secondary N) is 1. The maximum Gasteiger partial charge on any atom is 0.251 e. The SMILES string of the molecule is O=C(C1CCO1)N1CCC(NS(=O)(=O)c2ccccc2)CC1. The van der Waals surface area contributed by atoms with Gasteiger partial charge in [-0.05, 0) is 25.0 Å². The molecule has 2 aliphatic heterocycles. The van der Waals surface area contributed by atoms with Crippen LogP contribution >= 0.6 is 0 Å². The topological polar surface area (TPSA) is 75.7 Å². The Morgan fingerprint density at radius 2 is 1.77 bits per heavy atom. The van der Waals surface area contributed by atoms with Gasteiger partial charge in [-0.1, -0.05) is 18.2 Å². The minimum absolute atomic E-state index is 0.0376. The van der Waals surface area contributed by atoms with Crippen LogP contribution in [0.5, 0.6) is 0 Å². The number of sulfonamides is 1. The van der Waals surface area contributed by atoms with Gasteiger partial charge in [0.15, 0.2) is 0 Å². The Balaban J connectivity index is 1.54. The van der Waals surface area contributed by atoms with E-state index in [0.717, 1.165) is 6.42 Å². The summed E-state index contributed by atoms with van der Waals surface area (Å²) in [6, 6.07) is 8.22. The van der Waals surface area contributed by atoms with Crippen molar-refractivity contribution in [2.75, 3.05) is 19.7 Å². The van der Waals surface area contributed by atoms with Gasteiger partial charge in [0.2, 0.25) is 10.0 Å². The van der Waals surface area contributed by atoms with E-state index in [1.165, 1.54) is 0 Å². The molecule has 0 spiro atoms. The van der Waals surface area contributed by atoms with Crippen LogP contribution in [0.4, 0.5) is 0 Å². The molecule has 1 unspecified atom stereocenters. The van der Waals surface area contributed by atoms with Crippen molar-refractivity contribution in [3.8, 4) is 0 Å². The smallest absolute Gasteiger partial charge is 0.251 e. The molecular formula is C15H20N2O4S. The van der Waals surface area contributed by atoms with Gasteiger partial charge in [0.1, 0.15) is 6.10 Å². The van der Waals surface area contributed by atoms with Crippen LogP contribution in [0.3, 0.4) is 0 Å². The largest absolute Gasteiger partial charge is 0.368 e. The highest BCUT2D eigenvalue weighted by Crippen LogP contribution is 2.19. The summed E-state index contributed by atoms with van der Waals surface area (Å²) in [7, 11) is -3.49. The van der Waals surface area contributed by atoms with E-state index in [1.54, 1.807) is 35.2 Å². The summed E-state index contributed by atoms with van der Waals surface area (Å²) in [5.74, 6) is 0.0376. The first-order valence-electron chi connectivity index (χ1n) is 7.54. The number of carbonyl (C=O) groups excluding carboxylic acids is 1. The van der Waals surface area contributed by atoms with Crippen molar-refractivity contribution in [3.63, 3.8) is 0 Å². The number of carbonyl (C=O) groups is 1. The number of ether oxygens (including phenoxy) is 1. The molecule has 1 aromatic carbocycles. The molecule has 3 rings (SSSR count). The number of nitrogens with zero attached hydrogens (tertiary/aromatic N) is 1. The van der Waals surface area contributed by atoms with E-state index in [0.29, 0.717) is 32.5 Å². The van der Waals surface area contributed by atoms with Gasteiger partial charge in [-0.15, -0.1) is 0 Å². The highest BCUT2D eigenvalue weighted by Gasteiger charge is 2.33. The van der Waals surface area contributed by atoms with Gasteiger partial charge in [0.25, 0.3) is 5.91 Å². The molecule has 1 amide bonds. The zero-order chi connectivity index (χ0) is 15.6. The Morgan fingerprint density at radius 1 is 1.14 bits per heavy atom. The molecule has 120 valence electrons. The van der Waals surface area contributed by atoms with Crippen LogP contribution in [-0.4, -0.2) is 51.1 Å². The summed E-state index contributed by atoms with van der Waals surface area (Å²) in [6.45, 7) is 1.80. The zero-order valence-electron chi connectivity index (χ0n) is 12.3. The molecule has 0 saturated carbocycles. The van der Waals surface area contributed by atoms with Crippen LogP contribution in [0, 0.1) is 0 Å². The van der Waals surface area contributed by atoms with Crippen molar-refractivity contribution < 1.29 is 17.9 Å². The average molecular weight is 324 g/mol. The van der Waals surface area contributed by atoms with Crippen molar-refractivity contribution in [1.82, 2.24) is 9.62 Å². The van der Waals surface area contributed by atoms with Crippen molar-refractivity contribution >= 4 is 15.9 Å². The molecule has 22 heavy (non-hydrogen) atoms. The second-order valence-corrected chi connectivity index (χ2v) is 7.40. The third kappa shape index (κ3) is 3.31. The van der Waals surface area contributed by atoms with E-state index in [-0.39, 0.29) is 22.9 Å². The van der Waals surface area contributed by atoms with Gasteiger partial charge >= 0.3 is 0 Å². The lowest BCUT2D eigenvalue weighted by Gasteiger charge is -2.36. The predicted molar refractivity (Wildman–Crippen MR) is 80.7 cm³/mol. The Hall–Kier alpha value is -1.44. The number of rotatable bonds is 4. The van der Waals surface area contributed by atoms with Gasteiger partial charge in [0.05, 0.1) is 11.5 Å². The maximum absolute atomic E-state index is 12.3. The van der Waals surface area contributed by atoms with Crippen LogP contribution in [-0.2, 0) is 19.6 Å². The normalized spacial score (nSPS) is 23.1. The van der Waals surface area contributed by atoms with Crippen molar-refractivity contribution in [3.05, 3.63) is 30.3 Å². The Kier molecular flexibility index (Phi) is 4.46. The van der Waals surface area contributed by atoms with E-state index < -0.39 is 10.0 Å². The molecule has 0 aromatic heterocycles. The summed E-state index contributed by atoms with van der Waals surface area (Å²) in [5, 5.41) is 0. The standard InChI is InChI=1S/C15H20N2O4S/c18-15(14-8-11-21-14)17-9-6-12(7-10-17)16-22(19,20)13-4-2-1-3-5-13/h1-5,12,14,16H,6-11H2. The van der Waals surface area contributed by atoms with Crippen LogP contribution in [0.2, 0.25) is 0 Å². The van der Waals surface area contributed by atoms with E-state index in [2.05, 4.69) is 4.72 Å². The number of benzene rings is 1. The number of piperidine rings is 1. The summed E-state index contributed by atoms with van der Waals surface area (Å²) in [4.78, 5) is 14.1. The average Bonchev–Trinajstić information content (AvgIpc) is 2.47. The lowest BCUT2D eigenvalue weighted by molar-refractivity contribution is -0.157. The molecule has 2 aliphatic rings. The van der Waals surface area contributed by atoms with E-state index >= 15 is 0 Å². The third-order valence-electron chi connectivity index (χ3n) is 4.16.